The van der Waals surface area contributed by atoms with Crippen LogP contribution in [0.5, 0.6) is 0 Å². The van der Waals surface area contributed by atoms with E-state index < -0.39 is 0 Å². The molecule has 712 valence electrons. The molecule has 144 heavy (non-hydrogen) atoms. The summed E-state index contributed by atoms with van der Waals surface area (Å²) in [5, 5.41) is 68.9. The molecule has 4 fully saturated rings. The van der Waals surface area contributed by atoms with Gasteiger partial charge in [-0.3, -0.25) is 29.9 Å². The summed E-state index contributed by atoms with van der Waals surface area (Å²) < 4.78 is 0. The Balaban J connectivity index is 0.000000119. The van der Waals surface area contributed by atoms with E-state index in [-0.39, 0.29) is 0 Å². The van der Waals surface area contributed by atoms with Crippen LogP contribution in [0.25, 0.3) is 131 Å². The Morgan fingerprint density at radius 2 is 0.500 bits per heavy atom. The number of hydrogen-bond acceptors (Lipinski definition) is 18. The number of pyridine rings is 6. The lowest BCUT2D eigenvalue weighted by Crippen LogP contribution is -2.22. The molecule has 0 unspecified atom stereocenters. The topological polar surface area (TPSA) is 220 Å². The largest absolute Gasteiger partial charge is 0.264 e. The van der Waals surface area contributed by atoms with Gasteiger partial charge in [0.05, 0.1) is 69.8 Å². The van der Waals surface area contributed by atoms with Crippen molar-refractivity contribution in [2.45, 2.75) is 148 Å². The third-order valence-electron chi connectivity index (χ3n) is 27.7. The highest BCUT2D eigenvalue weighted by Crippen LogP contribution is 2.54. The van der Waals surface area contributed by atoms with Gasteiger partial charge in [-0.05, 0) is 255 Å². The molecule has 18 heteroatoms. The molecule has 0 N–H and O–H groups in total. The predicted octanol–water partition coefficient (Wildman–Crippen LogP) is 34.5. The summed E-state index contributed by atoms with van der Waals surface area (Å²) in [5.74, 6) is 10.4. The van der Waals surface area contributed by atoms with Crippen molar-refractivity contribution in [2.24, 2.45) is 34.5 Å². The van der Waals surface area contributed by atoms with Crippen LogP contribution in [0.15, 0.2) is 359 Å². The first-order chi connectivity index (χ1) is 70.7. The maximum absolute atomic E-state index is 9.39. The van der Waals surface area contributed by atoms with E-state index in [1.807, 2.05) is 303 Å². The molecule has 0 atom stereocenters. The molecule has 0 radical (unpaired) electrons. The van der Waals surface area contributed by atoms with Gasteiger partial charge in [0.15, 0.2) is 0 Å². The first-order valence-electron chi connectivity index (χ1n) is 49.6. The molecule has 0 bridgehead atoms. The minimum Gasteiger partial charge on any atom is -0.264 e. The smallest absolute Gasteiger partial charge is 0.0998 e. The predicted molar refractivity (Wildman–Crippen MR) is 604 cm³/mol. The highest BCUT2D eigenvalue weighted by atomic mass is 32.2. The fraction of sp³-hybridized carbons (Fsp3) is 0.238. The van der Waals surface area contributed by atoms with Gasteiger partial charge >= 0.3 is 0 Å². The van der Waals surface area contributed by atoms with Crippen molar-refractivity contribution in [3.8, 4) is 103 Å². The molecule has 12 nitrogen and oxygen atoms in total. The molecule has 0 aliphatic heterocycles. The first kappa shape index (κ1) is 102. The van der Waals surface area contributed by atoms with Gasteiger partial charge in [-0.25, -0.2) is 0 Å². The van der Waals surface area contributed by atoms with Crippen molar-refractivity contribution in [2.75, 3.05) is 34.5 Å². The van der Waals surface area contributed by atoms with Crippen LogP contribution in [-0.2, 0) is 0 Å². The number of unbranched alkanes of at least 4 members (excludes halogenated alkanes) is 1. The number of benzene rings is 12. The van der Waals surface area contributed by atoms with Crippen molar-refractivity contribution < 1.29 is 0 Å². The van der Waals surface area contributed by atoms with Crippen LogP contribution in [0.2, 0.25) is 0 Å². The Morgan fingerprint density at radius 1 is 0.264 bits per heavy atom. The Bertz CT molecular complexity index is 7780. The van der Waals surface area contributed by atoms with E-state index in [9.17, 15) is 31.6 Å². The van der Waals surface area contributed by atoms with Gasteiger partial charge in [-0.15, -0.1) is 70.6 Å². The number of rotatable bonds is 26. The molecular formula is C126H112N12S6. The number of hydrogen-bond donors (Lipinski definition) is 0. The number of nitrogens with zero attached hydrogens (tertiary/aromatic N) is 12. The Morgan fingerprint density at radius 3 is 0.722 bits per heavy atom. The second-order valence-electron chi connectivity index (χ2n) is 37.9. The van der Waals surface area contributed by atoms with Crippen molar-refractivity contribution in [3.63, 3.8) is 0 Å². The third-order valence-corrected chi connectivity index (χ3v) is 35.7. The van der Waals surface area contributed by atoms with E-state index in [0.717, 1.165) is 184 Å². The molecule has 6 heterocycles. The van der Waals surface area contributed by atoms with E-state index >= 15 is 0 Å². The zero-order valence-electron chi connectivity index (χ0n) is 82.0. The standard InChI is InChI=1S/3C22H20N2S.C21H18N2S.C20H18N2S.C19H16N2S/c2*1-15-10-16(11-15)14-25-22-8-9-24-13-21(22)20-7-6-17(12-23)18-4-2-3-5-19(18)20;1-2-22(10-11-22)15-25-21-9-12-24-14-20(21)19-8-7-16(13-23)17-5-3-4-6-18(17)19;1-21(9-10-21)14-24-20-8-11-23-13-19(20)18-7-6-15(12-22)16-4-2-3-5-17(16)18;1-2-3-12-23-20-10-11-22-14-19(20)18-9-8-15(13-21)16-6-4-5-7-17(16)18;1-2-11-22-19-9-10-21-13-18(19)17-8-7-14(12-20)15-5-3-4-6-16(15)17/h2*2-9,13,15-16H,10-11,14H2,1H3;3-9,12,14H,2,10-11,15H2,1H3;2-8,11,13H,9-10,14H2,1H3;4-11,14H,2-3,12H2,1H3;3-10,13H,2,11H2,1H3. The van der Waals surface area contributed by atoms with Crippen LogP contribution in [0.1, 0.15) is 152 Å². The van der Waals surface area contributed by atoms with Crippen LogP contribution in [0.3, 0.4) is 0 Å². The SMILES string of the molecule is CC1(CSc2ccncc2-c2ccc(C#N)c3ccccc23)CC1.CC1CC(CSc2ccncc2-c2ccc(C#N)c3ccccc23)C1.CC1CC(CSc2ccncc2-c2ccc(C#N)c3ccccc23)C1.CCC1(CSc2ccncc2-c2ccc(C#N)c3ccccc23)CC1.CCCCSc1ccncc1-c1ccc(C#N)c2ccccc12.CCCSc1ccncc1-c1ccc(C#N)c2ccccc12. The van der Waals surface area contributed by atoms with Gasteiger partial charge in [0.2, 0.25) is 0 Å². The van der Waals surface area contributed by atoms with E-state index in [2.05, 4.69) is 205 Å². The minimum absolute atomic E-state index is 0.512. The molecule has 0 spiro atoms. The monoisotopic (exact) mass is 1980 g/mol. The fourth-order valence-electron chi connectivity index (χ4n) is 19.0. The number of thioether (sulfide) groups is 6. The maximum Gasteiger partial charge on any atom is 0.0998 e. The number of nitriles is 6. The molecule has 0 amide bonds. The molecule has 22 rings (SSSR count). The van der Waals surface area contributed by atoms with Gasteiger partial charge in [-0.1, -0.05) is 230 Å². The average molecular weight is 1990 g/mol. The summed E-state index contributed by atoms with van der Waals surface area (Å²) in [4.78, 5) is 33.7. The molecule has 6 aromatic heterocycles. The van der Waals surface area contributed by atoms with Crippen molar-refractivity contribution in [1.29, 1.82) is 31.6 Å². The van der Waals surface area contributed by atoms with Gasteiger partial charge in [0, 0.05) is 192 Å². The Labute approximate surface area is 872 Å². The summed E-state index contributed by atoms with van der Waals surface area (Å²) in [7, 11) is 0. The normalized spacial score (nSPS) is 15.2. The minimum atomic E-state index is 0.512. The lowest BCUT2D eigenvalue weighted by molar-refractivity contribution is 0.238. The highest BCUT2D eigenvalue weighted by molar-refractivity contribution is 8.00. The van der Waals surface area contributed by atoms with Crippen LogP contribution in [0.4, 0.5) is 0 Å². The number of fused-ring (bicyclic) bond motifs is 6. The number of aromatic nitrogens is 6. The van der Waals surface area contributed by atoms with Crippen molar-refractivity contribution in [3.05, 3.63) is 363 Å². The zero-order valence-corrected chi connectivity index (χ0v) is 86.9. The van der Waals surface area contributed by atoms with Gasteiger partial charge in [-0.2, -0.15) is 31.6 Å². The summed E-state index contributed by atoms with van der Waals surface area (Å²) in [6.07, 6.45) is 38.5. The van der Waals surface area contributed by atoms with Gasteiger partial charge < -0.3 is 0 Å². The summed E-state index contributed by atoms with van der Waals surface area (Å²) in [5.41, 5.74) is 19.2. The van der Waals surface area contributed by atoms with Crippen LogP contribution < -0.4 is 0 Å². The van der Waals surface area contributed by atoms with Crippen molar-refractivity contribution in [1.82, 2.24) is 29.9 Å². The Kier molecular flexibility index (Phi) is 34.5. The lowest BCUT2D eigenvalue weighted by atomic mass is 9.77. The first-order valence-corrected chi connectivity index (χ1v) is 55.5. The molecule has 4 aliphatic carbocycles. The summed E-state index contributed by atoms with van der Waals surface area (Å²) in [6, 6.07) is 99.0. The average Bonchev–Trinajstić information content (AvgIpc) is 1.04. The van der Waals surface area contributed by atoms with Crippen LogP contribution in [0, 0.1) is 102 Å². The Hall–Kier alpha value is -13.9. The summed E-state index contributed by atoms with van der Waals surface area (Å²) in [6.45, 7) is 13.7. The molecule has 0 saturated heterocycles. The summed E-state index contributed by atoms with van der Waals surface area (Å²) >= 11 is 11.5. The zero-order chi connectivity index (χ0) is 99.7. The molecular weight excluding hydrogens is 1870 g/mol. The highest BCUT2D eigenvalue weighted by Gasteiger charge is 2.41. The quantitative estimate of drug-likeness (QED) is 0.0363. The van der Waals surface area contributed by atoms with Gasteiger partial charge in [0.25, 0.3) is 0 Å². The molecule has 12 aromatic carbocycles. The molecule has 18 aromatic rings. The van der Waals surface area contributed by atoms with Crippen LogP contribution >= 0.6 is 70.6 Å². The third kappa shape index (κ3) is 24.3. The van der Waals surface area contributed by atoms with E-state index in [0.29, 0.717) is 22.0 Å². The van der Waals surface area contributed by atoms with Crippen LogP contribution in [-0.4, -0.2) is 64.4 Å². The molecule has 4 saturated carbocycles. The second-order valence-corrected chi connectivity index (χ2v) is 44.4. The molecule has 4 aliphatic rings. The lowest BCUT2D eigenvalue weighted by Gasteiger charge is -2.32. The van der Waals surface area contributed by atoms with E-state index in [1.54, 1.807) is 0 Å². The van der Waals surface area contributed by atoms with E-state index in [1.165, 1.54) is 134 Å². The maximum atomic E-state index is 9.39. The van der Waals surface area contributed by atoms with Gasteiger partial charge in [0.1, 0.15) is 0 Å². The fourth-order valence-corrected chi connectivity index (χ4v) is 26.1. The second kappa shape index (κ2) is 48.9. The van der Waals surface area contributed by atoms with E-state index in [4.69, 9.17) is 0 Å². The van der Waals surface area contributed by atoms with Crippen molar-refractivity contribution >= 4 is 135 Å².